The lowest BCUT2D eigenvalue weighted by molar-refractivity contribution is -0.122. The predicted octanol–water partition coefficient (Wildman–Crippen LogP) is 2.53. The summed E-state index contributed by atoms with van der Waals surface area (Å²) < 4.78 is 5.56. The quantitative estimate of drug-likeness (QED) is 0.902. The highest BCUT2D eigenvalue weighted by atomic mass is 16.3. The first-order chi connectivity index (χ1) is 9.70. The van der Waals surface area contributed by atoms with E-state index in [1.54, 1.807) is 6.07 Å². The smallest absolute Gasteiger partial charge is 0.288 e. The third kappa shape index (κ3) is 2.05. The van der Waals surface area contributed by atoms with Gasteiger partial charge in [0.1, 0.15) is 11.3 Å². The SMILES string of the molecule is CNC(=O)c1oc2ccccc2c1NC(=O)C1CCC1. The number of rotatable bonds is 3. The highest BCUT2D eigenvalue weighted by Crippen LogP contribution is 2.33. The highest BCUT2D eigenvalue weighted by molar-refractivity contribution is 6.11. The van der Waals surface area contributed by atoms with Crippen molar-refractivity contribution in [2.24, 2.45) is 5.92 Å². The van der Waals surface area contributed by atoms with Crippen LogP contribution in [0.25, 0.3) is 11.0 Å². The molecule has 3 rings (SSSR count). The van der Waals surface area contributed by atoms with Crippen LogP contribution in [0.5, 0.6) is 0 Å². The number of amides is 2. The number of fused-ring (bicyclic) bond motifs is 1. The van der Waals surface area contributed by atoms with Crippen molar-refractivity contribution >= 4 is 28.5 Å². The Morgan fingerprint density at radius 3 is 2.65 bits per heavy atom. The molecule has 2 amide bonds. The molecular formula is C15H16N2O3. The lowest BCUT2D eigenvalue weighted by Crippen LogP contribution is -2.29. The van der Waals surface area contributed by atoms with E-state index < -0.39 is 0 Å². The molecule has 0 atom stereocenters. The molecule has 1 saturated carbocycles. The van der Waals surface area contributed by atoms with Crippen molar-refractivity contribution in [2.45, 2.75) is 19.3 Å². The van der Waals surface area contributed by atoms with Crippen molar-refractivity contribution in [3.8, 4) is 0 Å². The van der Waals surface area contributed by atoms with E-state index in [2.05, 4.69) is 10.6 Å². The van der Waals surface area contributed by atoms with Crippen LogP contribution in [0, 0.1) is 5.92 Å². The summed E-state index contributed by atoms with van der Waals surface area (Å²) in [4.78, 5) is 24.0. The van der Waals surface area contributed by atoms with Crippen LogP contribution in [0.2, 0.25) is 0 Å². The van der Waals surface area contributed by atoms with Crippen molar-refractivity contribution in [1.29, 1.82) is 0 Å². The molecule has 1 aromatic heterocycles. The molecule has 104 valence electrons. The van der Waals surface area contributed by atoms with Gasteiger partial charge in [0.15, 0.2) is 0 Å². The Bertz CT molecular complexity index is 671. The minimum atomic E-state index is -0.342. The van der Waals surface area contributed by atoms with Crippen molar-refractivity contribution in [3.63, 3.8) is 0 Å². The molecular weight excluding hydrogens is 256 g/mol. The van der Waals surface area contributed by atoms with Crippen LogP contribution >= 0.6 is 0 Å². The van der Waals surface area contributed by atoms with Crippen LogP contribution < -0.4 is 10.6 Å². The predicted molar refractivity (Wildman–Crippen MR) is 75.6 cm³/mol. The summed E-state index contributed by atoms with van der Waals surface area (Å²) in [7, 11) is 1.53. The first-order valence-electron chi connectivity index (χ1n) is 6.75. The van der Waals surface area contributed by atoms with E-state index in [-0.39, 0.29) is 23.5 Å². The maximum atomic E-state index is 12.1. The zero-order valence-electron chi connectivity index (χ0n) is 11.2. The molecule has 0 radical (unpaired) electrons. The highest BCUT2D eigenvalue weighted by Gasteiger charge is 2.28. The number of hydrogen-bond donors (Lipinski definition) is 2. The van der Waals surface area contributed by atoms with Gasteiger partial charge in [-0.25, -0.2) is 0 Å². The Morgan fingerprint density at radius 2 is 2.00 bits per heavy atom. The number of para-hydroxylation sites is 1. The number of carbonyl (C=O) groups excluding carboxylic acids is 2. The second-order valence-electron chi connectivity index (χ2n) is 5.00. The van der Waals surface area contributed by atoms with E-state index >= 15 is 0 Å². The maximum absolute atomic E-state index is 12.1. The van der Waals surface area contributed by atoms with Crippen LogP contribution in [-0.2, 0) is 4.79 Å². The molecule has 2 N–H and O–H groups in total. The minimum absolute atomic E-state index is 0.0343. The van der Waals surface area contributed by atoms with Gasteiger partial charge in [0.25, 0.3) is 5.91 Å². The van der Waals surface area contributed by atoms with Gasteiger partial charge >= 0.3 is 0 Å². The Morgan fingerprint density at radius 1 is 1.25 bits per heavy atom. The van der Waals surface area contributed by atoms with Gasteiger partial charge in [-0.15, -0.1) is 0 Å². The van der Waals surface area contributed by atoms with Crippen LogP contribution in [0.3, 0.4) is 0 Å². The average molecular weight is 272 g/mol. The fourth-order valence-corrected chi connectivity index (χ4v) is 2.34. The second kappa shape index (κ2) is 5.00. The summed E-state index contributed by atoms with van der Waals surface area (Å²) in [6, 6.07) is 7.30. The monoisotopic (exact) mass is 272 g/mol. The molecule has 5 heteroatoms. The third-order valence-corrected chi connectivity index (χ3v) is 3.75. The summed E-state index contributed by atoms with van der Waals surface area (Å²) in [6.07, 6.45) is 2.92. The maximum Gasteiger partial charge on any atom is 0.288 e. The van der Waals surface area contributed by atoms with Crippen molar-refractivity contribution < 1.29 is 14.0 Å². The first kappa shape index (κ1) is 12.7. The molecule has 1 aliphatic carbocycles. The van der Waals surface area contributed by atoms with Gasteiger partial charge in [0.05, 0.1) is 0 Å². The van der Waals surface area contributed by atoms with E-state index in [0.717, 1.165) is 24.6 Å². The van der Waals surface area contributed by atoms with Gasteiger partial charge in [-0.3, -0.25) is 9.59 Å². The van der Waals surface area contributed by atoms with Crippen molar-refractivity contribution in [3.05, 3.63) is 30.0 Å². The van der Waals surface area contributed by atoms with E-state index in [4.69, 9.17) is 4.42 Å². The number of carbonyl (C=O) groups is 2. The number of anilines is 1. The zero-order chi connectivity index (χ0) is 14.1. The van der Waals surface area contributed by atoms with E-state index in [9.17, 15) is 9.59 Å². The molecule has 0 aliphatic heterocycles. The van der Waals surface area contributed by atoms with Gasteiger partial charge in [-0.1, -0.05) is 18.6 Å². The summed E-state index contributed by atoms with van der Waals surface area (Å²) >= 11 is 0. The van der Waals surface area contributed by atoms with Crippen LogP contribution in [0.4, 0.5) is 5.69 Å². The van der Waals surface area contributed by atoms with Crippen LogP contribution in [0.1, 0.15) is 29.8 Å². The number of furan rings is 1. The molecule has 2 aromatic rings. The summed E-state index contributed by atoms with van der Waals surface area (Å²) in [5, 5.41) is 6.14. The van der Waals surface area contributed by atoms with Gasteiger partial charge < -0.3 is 15.1 Å². The lowest BCUT2D eigenvalue weighted by Gasteiger charge is -2.23. The summed E-state index contributed by atoms with van der Waals surface area (Å²) in [5.41, 5.74) is 1.06. The molecule has 5 nitrogen and oxygen atoms in total. The number of benzene rings is 1. The summed E-state index contributed by atoms with van der Waals surface area (Å²) in [6.45, 7) is 0. The Kier molecular flexibility index (Phi) is 3.18. The molecule has 0 bridgehead atoms. The fraction of sp³-hybridized carbons (Fsp3) is 0.333. The zero-order valence-corrected chi connectivity index (χ0v) is 11.2. The van der Waals surface area contributed by atoms with Crippen LogP contribution in [0.15, 0.2) is 28.7 Å². The standard InChI is InChI=1S/C15H16N2O3/c1-16-15(19)13-12(17-14(18)9-5-4-6-9)10-7-2-3-8-11(10)20-13/h2-3,7-9H,4-6H2,1H3,(H,16,19)(H,17,18). The molecule has 1 heterocycles. The molecule has 20 heavy (non-hydrogen) atoms. The molecule has 0 unspecified atom stereocenters. The van der Waals surface area contributed by atoms with E-state index in [1.165, 1.54) is 7.05 Å². The molecule has 1 aromatic carbocycles. The van der Waals surface area contributed by atoms with Gasteiger partial charge in [0, 0.05) is 18.4 Å². The van der Waals surface area contributed by atoms with Gasteiger partial charge in [-0.2, -0.15) is 0 Å². The van der Waals surface area contributed by atoms with Crippen LogP contribution in [-0.4, -0.2) is 18.9 Å². The average Bonchev–Trinajstić information content (AvgIpc) is 2.75. The Hall–Kier alpha value is -2.30. The van der Waals surface area contributed by atoms with Crippen molar-refractivity contribution in [2.75, 3.05) is 12.4 Å². The van der Waals surface area contributed by atoms with E-state index in [0.29, 0.717) is 11.3 Å². The Labute approximate surface area is 116 Å². The molecule has 1 fully saturated rings. The van der Waals surface area contributed by atoms with Crippen molar-refractivity contribution in [1.82, 2.24) is 5.32 Å². The molecule has 0 saturated heterocycles. The second-order valence-corrected chi connectivity index (χ2v) is 5.00. The minimum Gasteiger partial charge on any atom is -0.449 e. The lowest BCUT2D eigenvalue weighted by atomic mass is 9.85. The summed E-state index contributed by atoms with van der Waals surface area (Å²) in [5.74, 6) is -0.166. The largest absolute Gasteiger partial charge is 0.449 e. The Balaban J connectivity index is 2.01. The van der Waals surface area contributed by atoms with Gasteiger partial charge in [-0.05, 0) is 25.0 Å². The number of hydrogen-bond acceptors (Lipinski definition) is 3. The first-order valence-corrected chi connectivity index (χ1v) is 6.75. The molecule has 0 spiro atoms. The fourth-order valence-electron chi connectivity index (χ4n) is 2.34. The van der Waals surface area contributed by atoms with Gasteiger partial charge in [0.2, 0.25) is 11.7 Å². The topological polar surface area (TPSA) is 71.3 Å². The van der Waals surface area contributed by atoms with E-state index in [1.807, 2.05) is 18.2 Å². The number of nitrogens with one attached hydrogen (secondary N) is 2. The normalized spacial score (nSPS) is 14.8. The molecule has 1 aliphatic rings. The third-order valence-electron chi connectivity index (χ3n) is 3.75.